The van der Waals surface area contributed by atoms with Gasteiger partial charge in [0.05, 0.1) is 18.5 Å². The number of aliphatic imine (C=N–C) groups is 2. The fourth-order valence-electron chi connectivity index (χ4n) is 5.09. The Balaban J connectivity index is 6.09. The summed E-state index contributed by atoms with van der Waals surface area (Å²) in [6.07, 6.45) is 2.04. The van der Waals surface area contributed by atoms with Crippen LogP contribution in [0.4, 0.5) is 0 Å². The van der Waals surface area contributed by atoms with Gasteiger partial charge in [-0.25, -0.2) is 0 Å². The fourth-order valence-corrected chi connectivity index (χ4v) is 5.09. The number of Topliss-reactive ketones (excluding diaryl/α,β-unsaturated/α-hetero) is 2. The highest BCUT2D eigenvalue weighted by Crippen LogP contribution is 2.21. The number of nitrogens with zero attached hydrogens (tertiary/aromatic N) is 2. The number of carboxylic acids is 1. The second kappa shape index (κ2) is 23.9. The molecular weight excluding hydrogens is 624 g/mol. The van der Waals surface area contributed by atoms with Gasteiger partial charge in [-0.2, -0.15) is 0 Å². The fraction of sp³-hybridized carbons (Fsp3) is 0.742. The molecule has 0 aromatic carbocycles. The van der Waals surface area contributed by atoms with E-state index in [0.29, 0.717) is 45.1 Å². The number of carbonyl (C=O) groups excluding carboxylic acids is 5. The average Bonchev–Trinajstić information content (AvgIpc) is 2.98. The molecule has 0 spiro atoms. The van der Waals surface area contributed by atoms with Gasteiger partial charge < -0.3 is 50.1 Å². The molecule has 274 valence electrons. The Kier molecular flexibility index (Phi) is 21.8. The lowest BCUT2D eigenvalue weighted by Gasteiger charge is -2.26. The molecule has 0 heterocycles. The molecule has 0 bridgehead atoms. The largest absolute Gasteiger partial charge is 0.481 e. The Labute approximate surface area is 282 Å². The number of rotatable bonds is 27. The highest BCUT2D eigenvalue weighted by molar-refractivity contribution is 5.95. The van der Waals surface area contributed by atoms with Crippen molar-refractivity contribution in [2.24, 2.45) is 68.1 Å². The summed E-state index contributed by atoms with van der Waals surface area (Å²) in [7, 11) is 0. The van der Waals surface area contributed by atoms with E-state index < -0.39 is 71.5 Å². The number of nitrogens with two attached hydrogens (primary N) is 6. The van der Waals surface area contributed by atoms with Gasteiger partial charge in [0.25, 0.3) is 0 Å². The molecule has 17 heteroatoms. The van der Waals surface area contributed by atoms with Crippen molar-refractivity contribution in [3.8, 4) is 0 Å². The van der Waals surface area contributed by atoms with Crippen molar-refractivity contribution < 1.29 is 33.9 Å². The lowest BCUT2D eigenvalue weighted by atomic mass is 9.87. The molecule has 0 aromatic rings. The predicted octanol–water partition coefficient (Wildman–Crippen LogP) is -1.01. The zero-order valence-electron chi connectivity index (χ0n) is 28.6. The number of aliphatic carboxylic acids is 1. The normalized spacial score (nSPS) is 14.1. The Morgan fingerprint density at radius 2 is 1.12 bits per heavy atom. The molecule has 0 unspecified atom stereocenters. The Hall–Kier alpha value is -4.28. The second-order valence-corrected chi connectivity index (χ2v) is 12.6. The predicted molar refractivity (Wildman–Crippen MR) is 183 cm³/mol. The minimum absolute atomic E-state index is 0.0168. The maximum atomic E-state index is 13.7. The van der Waals surface area contributed by atoms with Crippen LogP contribution < -0.4 is 45.0 Å². The number of primary amides is 1. The van der Waals surface area contributed by atoms with E-state index in [4.69, 9.17) is 39.5 Å². The average molecular weight is 683 g/mol. The molecular formula is C31H58N10O7. The first-order chi connectivity index (χ1) is 22.5. The molecule has 0 aliphatic rings. The summed E-state index contributed by atoms with van der Waals surface area (Å²) < 4.78 is 0. The highest BCUT2D eigenvalue weighted by Gasteiger charge is 2.32. The van der Waals surface area contributed by atoms with Gasteiger partial charge in [-0.05, 0) is 57.4 Å². The van der Waals surface area contributed by atoms with Crippen LogP contribution in [-0.2, 0) is 28.8 Å². The molecule has 0 aliphatic carbocycles. The van der Waals surface area contributed by atoms with Crippen LogP contribution in [0.1, 0.15) is 91.4 Å². The van der Waals surface area contributed by atoms with Crippen molar-refractivity contribution in [3.05, 3.63) is 0 Å². The minimum Gasteiger partial charge on any atom is -0.481 e. The minimum atomic E-state index is -1.16. The molecule has 0 rings (SSSR count). The van der Waals surface area contributed by atoms with Crippen molar-refractivity contribution in [1.82, 2.24) is 10.6 Å². The SMILES string of the molecule is CC(C)C[C@H](CC(=O)[C@H](CCCN=C(N)N)NC(=O)[C@@H](C)CC(=O)O)C(=O)N[C@@H](CCCN=C(N)N)C(=O)C[C@@H](CCCCN)C(N)=O. The lowest BCUT2D eigenvalue weighted by Crippen LogP contribution is -2.47. The van der Waals surface area contributed by atoms with Crippen molar-refractivity contribution in [2.45, 2.75) is 103 Å². The van der Waals surface area contributed by atoms with Crippen LogP contribution in [0.3, 0.4) is 0 Å². The van der Waals surface area contributed by atoms with Gasteiger partial charge in [-0.1, -0.05) is 27.2 Å². The maximum Gasteiger partial charge on any atom is 0.304 e. The van der Waals surface area contributed by atoms with Gasteiger partial charge in [0, 0.05) is 43.7 Å². The monoisotopic (exact) mass is 682 g/mol. The third-order valence-electron chi connectivity index (χ3n) is 7.66. The number of hydrogen-bond donors (Lipinski definition) is 9. The van der Waals surface area contributed by atoms with E-state index in [1.807, 2.05) is 13.8 Å². The number of carboxylic acid groups (broad SMARTS) is 1. The number of nitrogens with one attached hydrogen (secondary N) is 2. The van der Waals surface area contributed by atoms with Gasteiger partial charge in [0.2, 0.25) is 17.7 Å². The van der Waals surface area contributed by atoms with E-state index in [9.17, 15) is 28.8 Å². The quantitative estimate of drug-likeness (QED) is 0.0286. The van der Waals surface area contributed by atoms with Gasteiger partial charge in [0.1, 0.15) is 0 Å². The number of guanidine groups is 2. The number of carbonyl (C=O) groups is 6. The van der Waals surface area contributed by atoms with Gasteiger partial charge >= 0.3 is 5.97 Å². The van der Waals surface area contributed by atoms with Crippen LogP contribution in [0.15, 0.2) is 9.98 Å². The molecule has 0 saturated carbocycles. The van der Waals surface area contributed by atoms with Crippen LogP contribution in [0.5, 0.6) is 0 Å². The summed E-state index contributed by atoms with van der Waals surface area (Å²) in [4.78, 5) is 84.7. The summed E-state index contributed by atoms with van der Waals surface area (Å²) in [6, 6.07) is -2.04. The zero-order chi connectivity index (χ0) is 36.8. The summed E-state index contributed by atoms with van der Waals surface area (Å²) in [5, 5.41) is 14.5. The number of amides is 3. The van der Waals surface area contributed by atoms with Crippen LogP contribution >= 0.6 is 0 Å². The van der Waals surface area contributed by atoms with E-state index in [-0.39, 0.29) is 56.6 Å². The van der Waals surface area contributed by atoms with E-state index in [1.165, 1.54) is 6.92 Å². The molecule has 5 atom stereocenters. The summed E-state index contributed by atoms with van der Waals surface area (Å²) in [6.45, 7) is 6.01. The van der Waals surface area contributed by atoms with Crippen molar-refractivity contribution in [3.63, 3.8) is 0 Å². The molecule has 3 amide bonds. The maximum absolute atomic E-state index is 13.7. The van der Waals surface area contributed by atoms with E-state index in [0.717, 1.165) is 0 Å². The molecule has 0 aromatic heterocycles. The van der Waals surface area contributed by atoms with Gasteiger partial charge in [-0.15, -0.1) is 0 Å². The number of hydrogen-bond acceptors (Lipinski definition) is 9. The van der Waals surface area contributed by atoms with Gasteiger partial charge in [0.15, 0.2) is 23.5 Å². The van der Waals surface area contributed by atoms with Crippen molar-refractivity contribution in [2.75, 3.05) is 19.6 Å². The number of ketones is 2. The molecule has 0 aliphatic heterocycles. The Morgan fingerprint density at radius 1 is 0.646 bits per heavy atom. The van der Waals surface area contributed by atoms with E-state index >= 15 is 0 Å². The topological polar surface area (TPSA) is 328 Å². The van der Waals surface area contributed by atoms with Crippen LogP contribution in [-0.4, -0.2) is 84.0 Å². The van der Waals surface area contributed by atoms with Crippen LogP contribution in [0.2, 0.25) is 0 Å². The highest BCUT2D eigenvalue weighted by atomic mass is 16.4. The zero-order valence-corrected chi connectivity index (χ0v) is 28.6. The molecule has 17 nitrogen and oxygen atoms in total. The summed E-state index contributed by atoms with van der Waals surface area (Å²) >= 11 is 0. The van der Waals surface area contributed by atoms with E-state index in [1.54, 1.807) is 0 Å². The second-order valence-electron chi connectivity index (χ2n) is 12.6. The first-order valence-corrected chi connectivity index (χ1v) is 16.5. The lowest BCUT2D eigenvalue weighted by molar-refractivity contribution is -0.141. The Morgan fingerprint density at radius 3 is 1.54 bits per heavy atom. The summed E-state index contributed by atoms with van der Waals surface area (Å²) in [5.41, 5.74) is 32.7. The van der Waals surface area contributed by atoms with Crippen LogP contribution in [0.25, 0.3) is 0 Å². The van der Waals surface area contributed by atoms with Crippen molar-refractivity contribution >= 4 is 47.2 Å². The molecule has 0 radical (unpaired) electrons. The molecule has 0 saturated heterocycles. The third-order valence-corrected chi connectivity index (χ3v) is 7.66. The van der Waals surface area contributed by atoms with Crippen molar-refractivity contribution in [1.29, 1.82) is 0 Å². The third kappa shape index (κ3) is 20.1. The number of unbranched alkanes of at least 4 members (excludes halogenated alkanes) is 1. The summed E-state index contributed by atoms with van der Waals surface area (Å²) in [5.74, 6) is -6.57. The first-order valence-electron chi connectivity index (χ1n) is 16.5. The van der Waals surface area contributed by atoms with Crippen LogP contribution in [0, 0.1) is 23.7 Å². The smallest absolute Gasteiger partial charge is 0.304 e. The standard InChI is InChI=1S/C31H58N10O7/c1-18(2)14-21(17-25(43)22(9-6-12-38-30(34)35)40-28(47)19(3)15-26(44)45)29(48)41-23(10-7-13-39-31(36)37)24(42)16-20(27(33)46)8-4-5-11-32/h18-23H,4-17,32H2,1-3H3,(H2,33,46)(H,40,47)(H,41,48)(H,44,45)(H4,34,35,38)(H4,36,37,39)/t19-,20+,21+,22-,23-/m0/s1. The molecule has 15 N–H and O–H groups in total. The molecule has 48 heavy (non-hydrogen) atoms. The molecule has 0 fully saturated rings. The first kappa shape index (κ1) is 43.7. The van der Waals surface area contributed by atoms with Gasteiger partial charge in [-0.3, -0.25) is 38.8 Å². The Bertz CT molecular complexity index is 1120. The van der Waals surface area contributed by atoms with E-state index in [2.05, 4.69) is 20.6 Å².